The number of non-ortho nitro benzene ring substituents is 1. The average molecular weight is 263 g/mol. The number of hydrazine groups is 1. The third-order valence-corrected chi connectivity index (χ3v) is 3.72. The van der Waals surface area contributed by atoms with E-state index in [0.29, 0.717) is 12.1 Å². The zero-order chi connectivity index (χ0) is 14.0. The Hall–Kier alpha value is -1.62. The minimum atomic E-state index is -0.346. The van der Waals surface area contributed by atoms with E-state index in [0.717, 1.165) is 24.1 Å². The van der Waals surface area contributed by atoms with Gasteiger partial charge in [-0.15, -0.1) is 0 Å². The van der Waals surface area contributed by atoms with Crippen molar-refractivity contribution in [1.29, 1.82) is 0 Å². The second-order valence-electron chi connectivity index (χ2n) is 5.46. The first kappa shape index (κ1) is 13.8. The number of nitrogens with one attached hydrogen (secondary N) is 1. The molecule has 5 nitrogen and oxygen atoms in total. The van der Waals surface area contributed by atoms with Crippen molar-refractivity contribution in [2.75, 3.05) is 5.43 Å². The molecular weight excluding hydrogens is 242 g/mol. The molecule has 0 spiro atoms. The summed E-state index contributed by atoms with van der Waals surface area (Å²) >= 11 is 0. The summed E-state index contributed by atoms with van der Waals surface area (Å²) in [6.07, 6.45) is 3.56. The molecule has 1 aromatic rings. The summed E-state index contributed by atoms with van der Waals surface area (Å²) in [7, 11) is 0. The quantitative estimate of drug-likeness (QED) is 0.670. The van der Waals surface area contributed by atoms with E-state index in [1.807, 2.05) is 13.0 Å². The van der Waals surface area contributed by atoms with Crippen LogP contribution >= 0.6 is 0 Å². The Kier molecular flexibility index (Phi) is 4.04. The number of nitro benzene ring substituents is 1. The Balaban J connectivity index is 2.20. The molecule has 2 rings (SSSR count). The minimum Gasteiger partial charge on any atom is -0.318 e. The summed E-state index contributed by atoms with van der Waals surface area (Å²) in [5, 5.41) is 13.1. The Bertz CT molecular complexity index is 466. The van der Waals surface area contributed by atoms with Crippen LogP contribution < -0.4 is 5.43 Å². The number of aryl methyl sites for hydroxylation is 1. The molecule has 1 aliphatic heterocycles. The second kappa shape index (κ2) is 5.57. The first-order valence-electron chi connectivity index (χ1n) is 6.78. The van der Waals surface area contributed by atoms with Gasteiger partial charge >= 0.3 is 0 Å². The molecule has 5 heteroatoms. The number of benzene rings is 1. The molecule has 0 radical (unpaired) electrons. The smallest absolute Gasteiger partial charge is 0.271 e. The fourth-order valence-electron chi connectivity index (χ4n) is 2.72. The SMILES string of the molecule is Cc1cc(NN2C(C)CCCC2C)cc([N+](=O)[O-])c1. The number of hydrogen-bond acceptors (Lipinski definition) is 4. The molecule has 2 atom stereocenters. The van der Waals surface area contributed by atoms with Crippen LogP contribution in [0.1, 0.15) is 38.7 Å². The fraction of sp³-hybridized carbons (Fsp3) is 0.571. The molecule has 104 valence electrons. The lowest BCUT2D eigenvalue weighted by atomic mass is 10.00. The highest BCUT2D eigenvalue weighted by Crippen LogP contribution is 2.26. The Morgan fingerprint density at radius 1 is 1.26 bits per heavy atom. The topological polar surface area (TPSA) is 58.4 Å². The predicted molar refractivity (Wildman–Crippen MR) is 76.1 cm³/mol. The fourth-order valence-corrected chi connectivity index (χ4v) is 2.72. The molecule has 19 heavy (non-hydrogen) atoms. The van der Waals surface area contributed by atoms with Gasteiger partial charge in [-0.3, -0.25) is 10.1 Å². The lowest BCUT2D eigenvalue weighted by Crippen LogP contribution is -2.47. The van der Waals surface area contributed by atoms with Crippen molar-refractivity contribution < 1.29 is 4.92 Å². The molecule has 1 aromatic carbocycles. The van der Waals surface area contributed by atoms with E-state index in [-0.39, 0.29) is 10.6 Å². The molecule has 0 aliphatic carbocycles. The van der Waals surface area contributed by atoms with Crippen LogP contribution in [-0.4, -0.2) is 22.0 Å². The van der Waals surface area contributed by atoms with Crippen molar-refractivity contribution in [3.63, 3.8) is 0 Å². The van der Waals surface area contributed by atoms with Gasteiger partial charge in [0.25, 0.3) is 5.69 Å². The van der Waals surface area contributed by atoms with Crippen LogP contribution in [0.2, 0.25) is 0 Å². The van der Waals surface area contributed by atoms with Gasteiger partial charge < -0.3 is 5.43 Å². The third kappa shape index (κ3) is 3.23. The van der Waals surface area contributed by atoms with Crippen molar-refractivity contribution in [3.05, 3.63) is 33.9 Å². The molecule has 2 unspecified atom stereocenters. The van der Waals surface area contributed by atoms with Crippen LogP contribution in [0.15, 0.2) is 18.2 Å². The summed E-state index contributed by atoms with van der Waals surface area (Å²) in [6, 6.07) is 6.03. The first-order valence-corrected chi connectivity index (χ1v) is 6.78. The third-order valence-electron chi connectivity index (χ3n) is 3.72. The van der Waals surface area contributed by atoms with E-state index in [1.54, 1.807) is 12.1 Å². The summed E-state index contributed by atoms with van der Waals surface area (Å²) in [5.41, 5.74) is 5.18. The molecular formula is C14H21N3O2. The van der Waals surface area contributed by atoms with Crippen LogP contribution in [0, 0.1) is 17.0 Å². The molecule has 1 N–H and O–H groups in total. The minimum absolute atomic E-state index is 0.139. The predicted octanol–water partition coefficient (Wildman–Crippen LogP) is 3.49. The Labute approximate surface area is 113 Å². The molecule has 0 aromatic heterocycles. The maximum Gasteiger partial charge on any atom is 0.271 e. The molecule has 0 saturated carbocycles. The molecule has 1 aliphatic rings. The summed E-state index contributed by atoms with van der Waals surface area (Å²) in [5.74, 6) is 0. The van der Waals surface area contributed by atoms with Gasteiger partial charge in [-0.1, -0.05) is 6.42 Å². The number of rotatable bonds is 3. The maximum absolute atomic E-state index is 10.9. The summed E-state index contributed by atoms with van der Waals surface area (Å²) in [6.45, 7) is 6.25. The van der Waals surface area contributed by atoms with Crippen molar-refractivity contribution >= 4 is 11.4 Å². The van der Waals surface area contributed by atoms with Crippen molar-refractivity contribution in [2.24, 2.45) is 0 Å². The highest BCUT2D eigenvalue weighted by atomic mass is 16.6. The van der Waals surface area contributed by atoms with Gasteiger partial charge in [0.1, 0.15) is 0 Å². The molecule has 0 amide bonds. The Morgan fingerprint density at radius 2 is 1.89 bits per heavy atom. The van der Waals surface area contributed by atoms with Crippen molar-refractivity contribution in [1.82, 2.24) is 5.01 Å². The largest absolute Gasteiger partial charge is 0.318 e. The van der Waals surface area contributed by atoms with E-state index in [1.165, 1.54) is 6.42 Å². The number of anilines is 1. The van der Waals surface area contributed by atoms with Gasteiger partial charge in [0, 0.05) is 24.2 Å². The molecule has 1 fully saturated rings. The molecule has 1 saturated heterocycles. The van der Waals surface area contributed by atoms with E-state index < -0.39 is 0 Å². The van der Waals surface area contributed by atoms with Gasteiger partial charge in [-0.05, 0) is 45.2 Å². The number of hydrogen-bond donors (Lipinski definition) is 1. The van der Waals surface area contributed by atoms with Gasteiger partial charge in [-0.2, -0.15) is 0 Å². The lowest BCUT2D eigenvalue weighted by Gasteiger charge is -2.39. The normalized spacial score (nSPS) is 24.2. The second-order valence-corrected chi connectivity index (χ2v) is 5.46. The van der Waals surface area contributed by atoms with E-state index in [2.05, 4.69) is 24.3 Å². The van der Waals surface area contributed by atoms with Crippen LogP contribution in [0.25, 0.3) is 0 Å². The zero-order valence-electron chi connectivity index (χ0n) is 11.7. The van der Waals surface area contributed by atoms with E-state index in [9.17, 15) is 10.1 Å². The summed E-state index contributed by atoms with van der Waals surface area (Å²) in [4.78, 5) is 10.5. The first-order chi connectivity index (χ1) is 8.97. The van der Waals surface area contributed by atoms with Gasteiger partial charge in [-0.25, -0.2) is 5.01 Å². The maximum atomic E-state index is 10.9. The molecule has 1 heterocycles. The lowest BCUT2D eigenvalue weighted by molar-refractivity contribution is -0.384. The van der Waals surface area contributed by atoms with Crippen LogP contribution in [0.5, 0.6) is 0 Å². The zero-order valence-corrected chi connectivity index (χ0v) is 11.7. The van der Waals surface area contributed by atoms with Gasteiger partial charge in [0.05, 0.1) is 10.6 Å². The molecule has 0 bridgehead atoms. The van der Waals surface area contributed by atoms with Crippen molar-refractivity contribution in [3.8, 4) is 0 Å². The van der Waals surface area contributed by atoms with E-state index in [4.69, 9.17) is 0 Å². The van der Waals surface area contributed by atoms with E-state index >= 15 is 0 Å². The number of nitro groups is 1. The standard InChI is InChI=1S/C14H21N3O2/c1-10-7-13(9-14(8-10)17(18)19)15-16-11(2)5-4-6-12(16)3/h7-9,11-12,15H,4-6H2,1-3H3. The number of piperidine rings is 1. The highest BCUT2D eigenvalue weighted by Gasteiger charge is 2.25. The van der Waals surface area contributed by atoms with Crippen LogP contribution in [0.4, 0.5) is 11.4 Å². The van der Waals surface area contributed by atoms with Crippen molar-refractivity contribution in [2.45, 2.75) is 52.1 Å². The van der Waals surface area contributed by atoms with Crippen LogP contribution in [0.3, 0.4) is 0 Å². The summed E-state index contributed by atoms with van der Waals surface area (Å²) < 4.78 is 0. The highest BCUT2D eigenvalue weighted by molar-refractivity contribution is 5.53. The van der Waals surface area contributed by atoms with Gasteiger partial charge in [0.15, 0.2) is 0 Å². The Morgan fingerprint density at radius 3 is 2.47 bits per heavy atom. The number of nitrogens with zero attached hydrogens (tertiary/aromatic N) is 2. The van der Waals surface area contributed by atoms with Crippen LogP contribution in [-0.2, 0) is 0 Å². The monoisotopic (exact) mass is 263 g/mol. The van der Waals surface area contributed by atoms with Gasteiger partial charge in [0.2, 0.25) is 0 Å². The average Bonchev–Trinajstić information content (AvgIpc) is 2.33.